The Hall–Kier alpha value is 0.670. The van der Waals surface area contributed by atoms with Crippen molar-refractivity contribution in [2.75, 3.05) is 0 Å². The van der Waals surface area contributed by atoms with Crippen LogP contribution in [-0.4, -0.2) is 4.98 Å². The van der Waals surface area contributed by atoms with Crippen LogP contribution in [0.25, 0.3) is 10.2 Å². The number of benzene rings is 1. The second-order valence-electron chi connectivity index (χ2n) is 2.08. The number of nitrogens with zero attached hydrogens (tertiary/aromatic N) is 1. The van der Waals surface area contributed by atoms with E-state index in [1.165, 1.54) is 9.04 Å². The van der Waals surface area contributed by atoms with E-state index in [4.69, 9.17) is 0 Å². The predicted octanol–water partition coefficient (Wildman–Crippen LogP) is 0.702. The molecule has 0 radical (unpaired) electrons. The molecular formula is C7H4BrINS2-. The maximum absolute atomic E-state index is 4.48. The van der Waals surface area contributed by atoms with E-state index >= 15 is 0 Å². The molecule has 0 aliphatic carbocycles. The van der Waals surface area contributed by atoms with Crippen LogP contribution in [0.5, 0.6) is 0 Å². The quantitative estimate of drug-likeness (QED) is 0.720. The number of thiazole rings is 1. The Balaban J connectivity index is 2.47. The normalized spacial score (nSPS) is 11.1. The summed E-state index contributed by atoms with van der Waals surface area (Å²) in [6.07, 6.45) is 0. The van der Waals surface area contributed by atoms with Crippen LogP contribution in [-0.2, 0) is 0 Å². The van der Waals surface area contributed by atoms with Gasteiger partial charge in [-0.1, -0.05) is 0 Å². The molecule has 2 aromatic rings. The molecule has 0 unspecified atom stereocenters. The van der Waals surface area contributed by atoms with Gasteiger partial charge < -0.3 is 0 Å². The Morgan fingerprint density at radius 2 is 2.25 bits per heavy atom. The topological polar surface area (TPSA) is 12.9 Å². The zero-order valence-electron chi connectivity index (χ0n) is 5.83. The second kappa shape index (κ2) is 4.26. The molecule has 0 amide bonds. The molecule has 0 spiro atoms. The standard InChI is InChI=1S/C7H4BrINS2/c8-9-12-7-10-5-3-1-2-4-6(5)11-7/h1-4H/q-1. The molecule has 1 aromatic heterocycles. The molecule has 1 nitrogen and oxygen atoms in total. The summed E-state index contributed by atoms with van der Waals surface area (Å²) in [6, 6.07) is 8.25. The molecule has 0 aliphatic heterocycles. The van der Waals surface area contributed by atoms with Crippen LogP contribution < -0.4 is 17.6 Å². The molecule has 1 aromatic carbocycles. The first kappa shape index (κ1) is 9.23. The summed E-state index contributed by atoms with van der Waals surface area (Å²) in [5.74, 6) is 0. The Morgan fingerprint density at radius 3 is 3.00 bits per heavy atom. The van der Waals surface area contributed by atoms with Crippen molar-refractivity contribution in [1.29, 1.82) is 0 Å². The van der Waals surface area contributed by atoms with Crippen molar-refractivity contribution in [3.05, 3.63) is 24.3 Å². The van der Waals surface area contributed by atoms with E-state index in [-0.39, 0.29) is 17.6 Å². The maximum atomic E-state index is 4.48. The van der Waals surface area contributed by atoms with Gasteiger partial charge in [0.1, 0.15) is 0 Å². The van der Waals surface area contributed by atoms with Gasteiger partial charge in [-0.25, -0.2) is 0 Å². The van der Waals surface area contributed by atoms with Crippen molar-refractivity contribution in [3.63, 3.8) is 0 Å². The van der Waals surface area contributed by atoms with Crippen molar-refractivity contribution >= 4 is 43.2 Å². The van der Waals surface area contributed by atoms with E-state index in [0.29, 0.717) is 0 Å². The molecule has 64 valence electrons. The summed E-state index contributed by atoms with van der Waals surface area (Å²) >= 11 is 5.32. The third-order valence-corrected chi connectivity index (χ3v) is 8.09. The molecule has 0 aliphatic rings. The average Bonchev–Trinajstić information content (AvgIpc) is 2.47. The third kappa shape index (κ3) is 1.94. The number of halogens is 2. The molecule has 0 fully saturated rings. The zero-order chi connectivity index (χ0) is 8.39. The first-order chi connectivity index (χ1) is 5.90. The van der Waals surface area contributed by atoms with Gasteiger partial charge in [-0.2, -0.15) is 0 Å². The van der Waals surface area contributed by atoms with Crippen molar-refractivity contribution in [1.82, 2.24) is 4.98 Å². The van der Waals surface area contributed by atoms with Crippen LogP contribution in [0.4, 0.5) is 0 Å². The number of hydrogen-bond acceptors (Lipinski definition) is 3. The summed E-state index contributed by atoms with van der Waals surface area (Å²) in [5, 5.41) is 0. The van der Waals surface area contributed by atoms with Crippen LogP contribution in [0.2, 0.25) is 0 Å². The van der Waals surface area contributed by atoms with E-state index in [2.05, 4.69) is 35.9 Å². The average molecular weight is 373 g/mol. The molecular weight excluding hydrogens is 369 g/mol. The summed E-state index contributed by atoms with van der Waals surface area (Å²) in [5.41, 5.74) is 1.12. The number of hydrogen-bond donors (Lipinski definition) is 0. The fourth-order valence-corrected chi connectivity index (χ4v) is 8.31. The SMILES string of the molecule is Br[I-]Sc1nc2ccccc2s1. The Bertz CT molecular complexity index is 357. The fourth-order valence-electron chi connectivity index (χ4n) is 0.909. The van der Waals surface area contributed by atoms with Crippen LogP contribution in [0, 0.1) is 0 Å². The molecule has 2 rings (SSSR count). The van der Waals surface area contributed by atoms with E-state index in [9.17, 15) is 0 Å². The van der Waals surface area contributed by atoms with Gasteiger partial charge >= 0.3 is 94.4 Å². The summed E-state index contributed by atoms with van der Waals surface area (Å²) in [7, 11) is 1.84. The number of aromatic nitrogens is 1. The molecule has 0 N–H and O–H groups in total. The van der Waals surface area contributed by atoms with Gasteiger partial charge in [-0.15, -0.1) is 0 Å². The first-order valence-electron chi connectivity index (χ1n) is 3.18. The summed E-state index contributed by atoms with van der Waals surface area (Å²) < 4.78 is 2.46. The van der Waals surface area contributed by atoms with Gasteiger partial charge in [-0.05, 0) is 0 Å². The minimum atomic E-state index is 0.0681. The molecule has 0 atom stereocenters. The van der Waals surface area contributed by atoms with Crippen molar-refractivity contribution < 1.29 is 17.6 Å². The number of para-hydroxylation sites is 1. The van der Waals surface area contributed by atoms with Gasteiger partial charge in [0.05, 0.1) is 0 Å². The van der Waals surface area contributed by atoms with Crippen LogP contribution >= 0.6 is 33.0 Å². The molecule has 0 bridgehead atoms. The van der Waals surface area contributed by atoms with Gasteiger partial charge in [0, 0.05) is 0 Å². The third-order valence-electron chi connectivity index (χ3n) is 1.37. The first-order valence-corrected chi connectivity index (χ1v) is 12.2. The van der Waals surface area contributed by atoms with Crippen molar-refractivity contribution in [2.45, 2.75) is 4.34 Å². The molecule has 5 heteroatoms. The zero-order valence-corrected chi connectivity index (χ0v) is 11.2. The number of rotatable bonds is 2. The minimum absolute atomic E-state index is 0.0681. The summed E-state index contributed by atoms with van der Waals surface area (Å²) in [4.78, 5) is 4.48. The second-order valence-corrected chi connectivity index (χ2v) is 11.3. The van der Waals surface area contributed by atoms with E-state index < -0.39 is 0 Å². The fraction of sp³-hybridized carbons (Fsp3) is 0. The van der Waals surface area contributed by atoms with Crippen molar-refractivity contribution in [2.24, 2.45) is 0 Å². The molecule has 1 heterocycles. The number of fused-ring (bicyclic) bond motifs is 1. The van der Waals surface area contributed by atoms with Gasteiger partial charge in [0.15, 0.2) is 0 Å². The van der Waals surface area contributed by atoms with Gasteiger partial charge in [0.25, 0.3) is 0 Å². The Morgan fingerprint density at radius 1 is 1.42 bits per heavy atom. The van der Waals surface area contributed by atoms with E-state index in [0.717, 1.165) is 5.52 Å². The monoisotopic (exact) mass is 372 g/mol. The molecule has 0 saturated heterocycles. The van der Waals surface area contributed by atoms with Crippen LogP contribution in [0.1, 0.15) is 0 Å². The van der Waals surface area contributed by atoms with Crippen LogP contribution in [0.15, 0.2) is 28.6 Å². The summed E-state index contributed by atoms with van der Waals surface area (Å²) in [6.45, 7) is 0. The molecule has 12 heavy (non-hydrogen) atoms. The van der Waals surface area contributed by atoms with E-state index in [1.54, 1.807) is 11.3 Å². The molecule has 0 saturated carbocycles. The van der Waals surface area contributed by atoms with Gasteiger partial charge in [0.2, 0.25) is 0 Å². The Kier molecular flexibility index (Phi) is 3.27. The van der Waals surface area contributed by atoms with Gasteiger partial charge in [-0.3, -0.25) is 0 Å². The predicted molar refractivity (Wildman–Crippen MR) is 54.4 cm³/mol. The van der Waals surface area contributed by atoms with E-state index in [1.807, 2.05) is 15.0 Å². The van der Waals surface area contributed by atoms with Crippen LogP contribution in [0.3, 0.4) is 0 Å². The van der Waals surface area contributed by atoms with Crippen molar-refractivity contribution in [3.8, 4) is 0 Å². The Labute approximate surface area is 93.4 Å².